The summed E-state index contributed by atoms with van der Waals surface area (Å²) in [4.78, 5) is 7.75. The van der Waals surface area contributed by atoms with E-state index in [0.717, 1.165) is 10.8 Å². The minimum absolute atomic E-state index is 0.847. The first-order valence-corrected chi connectivity index (χ1v) is 3.47. The largest absolute Gasteiger partial charge is 0.295 e. The van der Waals surface area contributed by atoms with E-state index >= 15 is 0 Å². The Morgan fingerprint density at radius 2 is 1.33 bits per heavy atom. The first kappa shape index (κ1) is 11.0. The fraction of sp³-hybridized carbons (Fsp3) is 0. The van der Waals surface area contributed by atoms with Gasteiger partial charge >= 0.3 is 0 Å². The van der Waals surface area contributed by atoms with E-state index < -0.39 is 9.84 Å². The van der Waals surface area contributed by atoms with Gasteiger partial charge in [0.1, 0.15) is 0 Å². The molecule has 3 nitrogen and oxygen atoms in total. The summed E-state index contributed by atoms with van der Waals surface area (Å²) in [5, 5.41) is 1.69. The van der Waals surface area contributed by atoms with Crippen molar-refractivity contribution in [3.63, 3.8) is 0 Å². The minimum Gasteiger partial charge on any atom is -0.295 e. The molecule has 0 amide bonds. The van der Waals surface area contributed by atoms with Gasteiger partial charge in [-0.3, -0.25) is 4.79 Å². The number of carbonyl (C=O) groups excluding carboxylic acids is 1. The third-order valence-electron chi connectivity index (χ3n) is 0.465. The van der Waals surface area contributed by atoms with Crippen molar-refractivity contribution < 1.29 is 13.2 Å². The van der Waals surface area contributed by atoms with E-state index in [9.17, 15) is 8.42 Å². The van der Waals surface area contributed by atoms with E-state index in [4.69, 9.17) is 4.79 Å². The standard InChI is InChI=1S/C4H6O2S.CHO/c1-3-7(5,6)4-2;1-2/h3-4H,1-2H2;1H. The third kappa shape index (κ3) is 7.10. The van der Waals surface area contributed by atoms with Crippen LogP contribution in [0.25, 0.3) is 0 Å². The Bertz CT molecular complexity index is 164. The predicted octanol–water partition coefficient (Wildman–Crippen LogP) is 0.414. The second-order valence-corrected chi connectivity index (χ2v) is 2.77. The molecule has 0 N–H and O–H groups in total. The van der Waals surface area contributed by atoms with Crippen LogP contribution in [-0.2, 0) is 14.6 Å². The first-order valence-electron chi connectivity index (χ1n) is 1.86. The fourth-order valence-corrected chi connectivity index (χ4v) is 0.204. The minimum atomic E-state index is -3.13. The molecule has 0 aromatic carbocycles. The summed E-state index contributed by atoms with van der Waals surface area (Å²) in [6, 6.07) is 0. The molecule has 0 saturated carbocycles. The molecule has 0 aliphatic rings. The van der Waals surface area contributed by atoms with Gasteiger partial charge in [-0.15, -0.1) is 0 Å². The summed E-state index contributed by atoms with van der Waals surface area (Å²) in [5.41, 5.74) is 0. The molecule has 0 aromatic heterocycles. The van der Waals surface area contributed by atoms with E-state index in [1.54, 1.807) is 0 Å². The van der Waals surface area contributed by atoms with Gasteiger partial charge in [0.2, 0.25) is 0 Å². The number of hydrogen-bond donors (Lipinski definition) is 0. The lowest BCUT2D eigenvalue weighted by molar-refractivity contribution is 0.574. The van der Waals surface area contributed by atoms with Crippen LogP contribution in [0.1, 0.15) is 0 Å². The van der Waals surface area contributed by atoms with Gasteiger partial charge in [-0.25, -0.2) is 8.42 Å². The molecule has 0 saturated heterocycles. The Morgan fingerprint density at radius 1 is 1.11 bits per heavy atom. The van der Waals surface area contributed by atoms with E-state index in [-0.39, 0.29) is 0 Å². The Balaban J connectivity index is 0. The molecule has 0 rings (SSSR count). The zero-order valence-electron chi connectivity index (χ0n) is 4.78. The van der Waals surface area contributed by atoms with Gasteiger partial charge in [-0.1, -0.05) is 13.2 Å². The van der Waals surface area contributed by atoms with Crippen molar-refractivity contribution in [3.05, 3.63) is 24.0 Å². The van der Waals surface area contributed by atoms with Crippen LogP contribution in [-0.4, -0.2) is 15.2 Å². The molecular weight excluding hydrogens is 140 g/mol. The molecule has 4 heteroatoms. The SMILES string of the molecule is C=CS(=O)(=O)C=C.[CH]=O. The van der Waals surface area contributed by atoms with Crippen molar-refractivity contribution in [1.82, 2.24) is 0 Å². The summed E-state index contributed by atoms with van der Waals surface area (Å²) in [5.74, 6) is 0. The molecule has 0 atom stereocenters. The molecule has 9 heavy (non-hydrogen) atoms. The van der Waals surface area contributed by atoms with Gasteiger partial charge in [0, 0.05) is 10.8 Å². The monoisotopic (exact) mass is 147 g/mol. The molecule has 0 aliphatic carbocycles. The highest BCUT2D eigenvalue weighted by Crippen LogP contribution is 1.87. The lowest BCUT2D eigenvalue weighted by Gasteiger charge is -1.78. The molecule has 0 spiro atoms. The summed E-state index contributed by atoms with van der Waals surface area (Å²) in [6.45, 7) is 9.34. The molecule has 1 radical (unpaired) electrons. The molecule has 0 aliphatic heterocycles. The maximum Gasteiger partial charge on any atom is 0.191 e. The predicted molar refractivity (Wildman–Crippen MR) is 36.1 cm³/mol. The number of sulfone groups is 1. The average molecular weight is 147 g/mol. The van der Waals surface area contributed by atoms with E-state index in [2.05, 4.69) is 19.9 Å². The van der Waals surface area contributed by atoms with E-state index in [0.29, 0.717) is 0 Å². The van der Waals surface area contributed by atoms with Crippen molar-refractivity contribution in [1.29, 1.82) is 0 Å². The maximum atomic E-state index is 10.1. The summed E-state index contributed by atoms with van der Waals surface area (Å²) >= 11 is 0. The highest BCUT2D eigenvalue weighted by molar-refractivity contribution is 7.97. The van der Waals surface area contributed by atoms with E-state index in [1.807, 2.05) is 0 Å². The Labute approximate surface area is 54.6 Å². The van der Waals surface area contributed by atoms with Crippen LogP contribution in [0.4, 0.5) is 0 Å². The molecule has 0 unspecified atom stereocenters. The highest BCUT2D eigenvalue weighted by atomic mass is 32.2. The number of rotatable bonds is 2. The van der Waals surface area contributed by atoms with Gasteiger partial charge in [-0.05, 0) is 0 Å². The normalized spacial score (nSPS) is 8.44. The van der Waals surface area contributed by atoms with Crippen LogP contribution < -0.4 is 0 Å². The van der Waals surface area contributed by atoms with Crippen molar-refractivity contribution in [3.8, 4) is 0 Å². The Morgan fingerprint density at radius 3 is 1.33 bits per heavy atom. The van der Waals surface area contributed by atoms with Crippen molar-refractivity contribution in [2.45, 2.75) is 0 Å². The zero-order valence-corrected chi connectivity index (χ0v) is 5.60. The molecule has 0 heterocycles. The smallest absolute Gasteiger partial charge is 0.191 e. The second kappa shape index (κ2) is 5.24. The second-order valence-electron chi connectivity index (χ2n) is 0.922. The Hall–Kier alpha value is -0.900. The average Bonchev–Trinajstić information content (AvgIpc) is 1.93. The van der Waals surface area contributed by atoms with Gasteiger partial charge in [0.05, 0.1) is 0 Å². The van der Waals surface area contributed by atoms with Gasteiger partial charge in [0.25, 0.3) is 0 Å². The third-order valence-corrected chi connectivity index (χ3v) is 1.39. The van der Waals surface area contributed by atoms with Crippen LogP contribution in [0.2, 0.25) is 0 Å². The molecule has 51 valence electrons. The van der Waals surface area contributed by atoms with Gasteiger partial charge in [0.15, 0.2) is 16.6 Å². The maximum absolute atomic E-state index is 10.1. The first-order chi connectivity index (χ1) is 4.12. The molecular formula is C5H7O3S. The van der Waals surface area contributed by atoms with Crippen LogP contribution in [0.15, 0.2) is 24.0 Å². The zero-order chi connectivity index (χ0) is 7.91. The van der Waals surface area contributed by atoms with E-state index in [1.165, 1.54) is 0 Å². The summed E-state index contributed by atoms with van der Waals surface area (Å²) in [7, 11) is -3.13. The van der Waals surface area contributed by atoms with Crippen LogP contribution in [0.3, 0.4) is 0 Å². The summed E-state index contributed by atoms with van der Waals surface area (Å²) in [6.07, 6.45) is 0. The highest BCUT2D eigenvalue weighted by Gasteiger charge is 1.90. The molecule has 0 fully saturated rings. The van der Waals surface area contributed by atoms with Gasteiger partial charge < -0.3 is 0 Å². The molecule has 0 aromatic rings. The summed E-state index contributed by atoms with van der Waals surface area (Å²) < 4.78 is 20.3. The van der Waals surface area contributed by atoms with Crippen molar-refractivity contribution in [2.24, 2.45) is 0 Å². The topological polar surface area (TPSA) is 51.2 Å². The quantitative estimate of drug-likeness (QED) is 0.532. The fourth-order valence-electron chi connectivity index (χ4n) is 0.0680. The van der Waals surface area contributed by atoms with Crippen molar-refractivity contribution in [2.75, 3.05) is 0 Å². The number of hydrogen-bond acceptors (Lipinski definition) is 3. The van der Waals surface area contributed by atoms with Crippen molar-refractivity contribution >= 4 is 16.6 Å². The van der Waals surface area contributed by atoms with Crippen LogP contribution in [0.5, 0.6) is 0 Å². The van der Waals surface area contributed by atoms with Crippen LogP contribution in [0, 0.1) is 0 Å². The lowest BCUT2D eigenvalue weighted by Crippen LogP contribution is -1.83. The lowest BCUT2D eigenvalue weighted by atomic mass is 11.3. The molecule has 0 bridgehead atoms. The van der Waals surface area contributed by atoms with Gasteiger partial charge in [-0.2, -0.15) is 0 Å². The van der Waals surface area contributed by atoms with Crippen LogP contribution >= 0.6 is 0 Å². The Kier molecular flexibility index (Phi) is 6.39.